The molecule has 0 saturated heterocycles. The lowest BCUT2D eigenvalue weighted by molar-refractivity contribution is -0.130. The highest BCUT2D eigenvalue weighted by molar-refractivity contribution is 5.81. The fraction of sp³-hybridized carbons (Fsp3) is 0.714. The molecule has 5 heteroatoms. The Labute approximate surface area is 114 Å². The second-order valence-corrected chi connectivity index (χ2v) is 6.53. The van der Waals surface area contributed by atoms with Crippen molar-refractivity contribution in [2.45, 2.75) is 45.8 Å². The maximum absolute atomic E-state index is 12.2. The van der Waals surface area contributed by atoms with E-state index in [0.29, 0.717) is 5.92 Å². The van der Waals surface area contributed by atoms with Crippen LogP contribution in [0.3, 0.4) is 0 Å². The van der Waals surface area contributed by atoms with Crippen LogP contribution >= 0.6 is 0 Å². The molecule has 1 aliphatic carbocycles. The van der Waals surface area contributed by atoms with Gasteiger partial charge in [-0.05, 0) is 18.8 Å². The van der Waals surface area contributed by atoms with Crippen molar-refractivity contribution in [3.63, 3.8) is 0 Å². The molecule has 2 rings (SSSR count). The van der Waals surface area contributed by atoms with Gasteiger partial charge in [0.2, 0.25) is 5.91 Å². The van der Waals surface area contributed by atoms with Gasteiger partial charge in [-0.3, -0.25) is 9.48 Å². The zero-order chi connectivity index (χ0) is 14.2. The standard InChI is InChI=1S/C14H23N3O2/c1-14(2,3)13(19)16-12(9-5-11(18)6-9)10-7-15-17(4)8-10/h7-9,11-12,18H,5-6H2,1-4H3,(H,16,19). The molecule has 1 aliphatic rings. The molecule has 1 unspecified atom stereocenters. The first-order chi connectivity index (χ1) is 8.77. The fourth-order valence-corrected chi connectivity index (χ4v) is 2.33. The Kier molecular flexibility index (Phi) is 3.67. The minimum Gasteiger partial charge on any atom is -0.393 e. The number of aromatic nitrogens is 2. The van der Waals surface area contributed by atoms with Crippen LogP contribution in [-0.4, -0.2) is 26.9 Å². The summed E-state index contributed by atoms with van der Waals surface area (Å²) in [5, 5.41) is 16.8. The highest BCUT2D eigenvalue weighted by Gasteiger charge is 2.37. The molecule has 0 radical (unpaired) electrons. The SMILES string of the molecule is Cn1cc(C(NC(=O)C(C)(C)C)C2CC(O)C2)cn1. The second-order valence-electron chi connectivity index (χ2n) is 6.53. The maximum Gasteiger partial charge on any atom is 0.225 e. The molecule has 1 atom stereocenters. The highest BCUT2D eigenvalue weighted by Crippen LogP contribution is 2.38. The normalized spacial score (nSPS) is 24.7. The molecule has 1 aromatic heterocycles. The van der Waals surface area contributed by atoms with Crippen LogP contribution in [0.4, 0.5) is 0 Å². The molecule has 1 aromatic rings. The fourth-order valence-electron chi connectivity index (χ4n) is 2.33. The molecular weight excluding hydrogens is 242 g/mol. The molecule has 19 heavy (non-hydrogen) atoms. The van der Waals surface area contributed by atoms with Crippen LogP contribution in [0, 0.1) is 11.3 Å². The largest absolute Gasteiger partial charge is 0.393 e. The van der Waals surface area contributed by atoms with Crippen LogP contribution in [0.15, 0.2) is 12.4 Å². The number of amides is 1. The molecule has 2 N–H and O–H groups in total. The van der Waals surface area contributed by atoms with E-state index in [2.05, 4.69) is 10.4 Å². The predicted octanol–water partition coefficient (Wildman–Crippen LogP) is 1.39. The van der Waals surface area contributed by atoms with E-state index in [1.165, 1.54) is 0 Å². The van der Waals surface area contributed by atoms with Crippen LogP contribution in [0.1, 0.15) is 45.2 Å². The van der Waals surface area contributed by atoms with Gasteiger partial charge in [0.05, 0.1) is 18.3 Å². The molecule has 106 valence electrons. The number of hydrogen-bond acceptors (Lipinski definition) is 3. The second kappa shape index (κ2) is 4.96. The number of aliphatic hydroxyl groups excluding tert-OH is 1. The number of hydrogen-bond donors (Lipinski definition) is 2. The quantitative estimate of drug-likeness (QED) is 0.868. The topological polar surface area (TPSA) is 67.2 Å². The Morgan fingerprint density at radius 2 is 2.16 bits per heavy atom. The number of nitrogens with one attached hydrogen (secondary N) is 1. The summed E-state index contributed by atoms with van der Waals surface area (Å²) < 4.78 is 1.74. The van der Waals surface area contributed by atoms with Crippen LogP contribution in [-0.2, 0) is 11.8 Å². The Hall–Kier alpha value is -1.36. The van der Waals surface area contributed by atoms with E-state index in [1.807, 2.05) is 34.0 Å². The first-order valence-electron chi connectivity index (χ1n) is 6.75. The summed E-state index contributed by atoms with van der Waals surface area (Å²) in [5.74, 6) is 0.327. The van der Waals surface area contributed by atoms with Gasteiger partial charge in [-0.15, -0.1) is 0 Å². The molecule has 0 aromatic carbocycles. The Morgan fingerprint density at radius 1 is 1.53 bits per heavy atom. The van der Waals surface area contributed by atoms with Gasteiger partial charge in [-0.25, -0.2) is 0 Å². The zero-order valence-electron chi connectivity index (χ0n) is 12.1. The number of aryl methyl sites for hydroxylation is 1. The van der Waals surface area contributed by atoms with Crippen molar-refractivity contribution in [1.29, 1.82) is 0 Å². The molecule has 1 saturated carbocycles. The Balaban J connectivity index is 2.13. The van der Waals surface area contributed by atoms with E-state index >= 15 is 0 Å². The van der Waals surface area contributed by atoms with Gasteiger partial charge in [-0.2, -0.15) is 5.10 Å². The molecule has 0 bridgehead atoms. The lowest BCUT2D eigenvalue weighted by Crippen LogP contribution is -2.44. The van der Waals surface area contributed by atoms with E-state index in [9.17, 15) is 9.90 Å². The van der Waals surface area contributed by atoms with Crippen molar-refractivity contribution in [3.05, 3.63) is 18.0 Å². The van der Waals surface area contributed by atoms with Crippen molar-refractivity contribution in [3.8, 4) is 0 Å². The average Bonchev–Trinajstić information content (AvgIpc) is 2.67. The molecular formula is C14H23N3O2. The number of carbonyl (C=O) groups excluding carboxylic acids is 1. The predicted molar refractivity (Wildman–Crippen MR) is 72.3 cm³/mol. The van der Waals surface area contributed by atoms with Gasteiger partial charge in [-0.1, -0.05) is 20.8 Å². The number of rotatable bonds is 3. The number of carbonyl (C=O) groups is 1. The third-order valence-electron chi connectivity index (χ3n) is 3.67. The first-order valence-corrected chi connectivity index (χ1v) is 6.75. The van der Waals surface area contributed by atoms with E-state index in [4.69, 9.17) is 0 Å². The lowest BCUT2D eigenvalue weighted by atomic mass is 9.75. The zero-order valence-corrected chi connectivity index (χ0v) is 12.1. The van der Waals surface area contributed by atoms with Crippen molar-refractivity contribution in [2.24, 2.45) is 18.4 Å². The highest BCUT2D eigenvalue weighted by atomic mass is 16.3. The number of aliphatic hydroxyl groups is 1. The van der Waals surface area contributed by atoms with Crippen molar-refractivity contribution in [1.82, 2.24) is 15.1 Å². The molecule has 0 aliphatic heterocycles. The summed E-state index contributed by atoms with van der Waals surface area (Å²) in [6.45, 7) is 5.70. The summed E-state index contributed by atoms with van der Waals surface area (Å²) in [4.78, 5) is 12.2. The smallest absolute Gasteiger partial charge is 0.225 e. The van der Waals surface area contributed by atoms with Gasteiger partial charge < -0.3 is 10.4 Å². The third kappa shape index (κ3) is 3.15. The Bertz CT molecular complexity index is 456. The summed E-state index contributed by atoms with van der Waals surface area (Å²) in [6, 6.07) is -0.0520. The van der Waals surface area contributed by atoms with E-state index in [1.54, 1.807) is 10.9 Å². The van der Waals surface area contributed by atoms with Crippen LogP contribution in [0.25, 0.3) is 0 Å². The third-order valence-corrected chi connectivity index (χ3v) is 3.67. The summed E-state index contributed by atoms with van der Waals surface area (Å²) in [7, 11) is 1.86. The summed E-state index contributed by atoms with van der Waals surface area (Å²) >= 11 is 0. The molecule has 0 spiro atoms. The van der Waals surface area contributed by atoms with E-state index in [0.717, 1.165) is 18.4 Å². The summed E-state index contributed by atoms with van der Waals surface area (Å²) in [6.07, 6.45) is 4.97. The monoisotopic (exact) mass is 265 g/mol. The van der Waals surface area contributed by atoms with Crippen molar-refractivity contribution < 1.29 is 9.90 Å². The van der Waals surface area contributed by atoms with Gasteiger partial charge in [0.25, 0.3) is 0 Å². The van der Waals surface area contributed by atoms with Crippen LogP contribution in [0.5, 0.6) is 0 Å². The van der Waals surface area contributed by atoms with Gasteiger partial charge in [0.1, 0.15) is 0 Å². The van der Waals surface area contributed by atoms with Crippen LogP contribution in [0.2, 0.25) is 0 Å². The minimum absolute atomic E-state index is 0.0303. The molecule has 1 amide bonds. The van der Waals surface area contributed by atoms with Gasteiger partial charge in [0.15, 0.2) is 0 Å². The molecule has 5 nitrogen and oxygen atoms in total. The first kappa shape index (κ1) is 14.1. The summed E-state index contributed by atoms with van der Waals surface area (Å²) in [5.41, 5.74) is 0.597. The Morgan fingerprint density at radius 3 is 2.58 bits per heavy atom. The van der Waals surface area contributed by atoms with Crippen LogP contribution < -0.4 is 5.32 Å². The van der Waals surface area contributed by atoms with Crippen molar-refractivity contribution >= 4 is 5.91 Å². The van der Waals surface area contributed by atoms with Crippen molar-refractivity contribution in [2.75, 3.05) is 0 Å². The average molecular weight is 265 g/mol. The lowest BCUT2D eigenvalue weighted by Gasteiger charge is -2.38. The maximum atomic E-state index is 12.2. The molecule has 1 fully saturated rings. The van der Waals surface area contributed by atoms with Gasteiger partial charge in [0, 0.05) is 24.2 Å². The molecule has 1 heterocycles. The van der Waals surface area contributed by atoms with E-state index in [-0.39, 0.29) is 18.1 Å². The minimum atomic E-state index is -0.414. The number of nitrogens with zero attached hydrogens (tertiary/aromatic N) is 2. The van der Waals surface area contributed by atoms with E-state index < -0.39 is 5.41 Å². The van der Waals surface area contributed by atoms with Gasteiger partial charge >= 0.3 is 0 Å².